The predicted molar refractivity (Wildman–Crippen MR) is 109 cm³/mol. The number of imidazole rings is 1. The molecule has 4 rings (SSSR count). The second-order valence-electron chi connectivity index (χ2n) is 7.70. The summed E-state index contributed by atoms with van der Waals surface area (Å²) in [6.07, 6.45) is 0. The van der Waals surface area contributed by atoms with Crippen LogP contribution in [0.3, 0.4) is 0 Å². The van der Waals surface area contributed by atoms with Gasteiger partial charge in [-0.05, 0) is 48.2 Å². The minimum absolute atomic E-state index is 0.116. The van der Waals surface area contributed by atoms with E-state index in [1.54, 1.807) is 23.6 Å². The molecule has 0 saturated carbocycles. The molecular formula is C21H23N5O2. The first-order valence-electron chi connectivity index (χ1n) is 9.28. The lowest BCUT2D eigenvalue weighted by atomic mass is 9.87. The second kappa shape index (κ2) is 6.67. The highest BCUT2D eigenvalue weighted by Gasteiger charge is 2.15. The van der Waals surface area contributed by atoms with E-state index in [-0.39, 0.29) is 11.4 Å². The van der Waals surface area contributed by atoms with E-state index in [1.807, 2.05) is 18.2 Å². The molecule has 28 heavy (non-hydrogen) atoms. The molecule has 2 aromatic heterocycles. The summed E-state index contributed by atoms with van der Waals surface area (Å²) in [6, 6.07) is 13.6. The van der Waals surface area contributed by atoms with Gasteiger partial charge in [-0.15, -0.1) is 0 Å². The van der Waals surface area contributed by atoms with E-state index < -0.39 is 0 Å². The van der Waals surface area contributed by atoms with Gasteiger partial charge in [0.2, 0.25) is 5.95 Å². The van der Waals surface area contributed by atoms with Crippen LogP contribution >= 0.6 is 0 Å². The number of carbonyl (C=O) groups is 1. The topological polar surface area (TPSA) is 84.3 Å². The van der Waals surface area contributed by atoms with Crippen molar-refractivity contribution in [3.63, 3.8) is 0 Å². The van der Waals surface area contributed by atoms with E-state index >= 15 is 0 Å². The SMILES string of the molecule is CCOC(=O)c1ccc2c(c1)nc1nc(Nc3ccc(C(C)(C)C)cc3)[nH]n12. The van der Waals surface area contributed by atoms with Crippen LogP contribution in [-0.4, -0.2) is 32.2 Å². The molecule has 0 aliphatic carbocycles. The first kappa shape index (κ1) is 18.0. The maximum Gasteiger partial charge on any atom is 0.338 e. The normalized spacial score (nSPS) is 11.9. The largest absolute Gasteiger partial charge is 0.462 e. The molecule has 0 atom stereocenters. The Morgan fingerprint density at radius 2 is 1.89 bits per heavy atom. The maximum absolute atomic E-state index is 11.9. The van der Waals surface area contributed by atoms with Crippen molar-refractivity contribution < 1.29 is 9.53 Å². The van der Waals surface area contributed by atoms with Crippen molar-refractivity contribution in [3.05, 3.63) is 53.6 Å². The summed E-state index contributed by atoms with van der Waals surface area (Å²) in [7, 11) is 0. The molecule has 2 N–H and O–H groups in total. The highest BCUT2D eigenvalue weighted by Crippen LogP contribution is 2.25. The first-order chi connectivity index (χ1) is 13.3. The fraction of sp³-hybridized carbons (Fsp3) is 0.286. The summed E-state index contributed by atoms with van der Waals surface area (Å²) in [4.78, 5) is 20.9. The van der Waals surface area contributed by atoms with E-state index in [9.17, 15) is 4.79 Å². The molecule has 0 spiro atoms. The van der Waals surface area contributed by atoms with Crippen LogP contribution in [0.4, 0.5) is 11.6 Å². The molecule has 0 fully saturated rings. The molecule has 144 valence electrons. The predicted octanol–water partition coefficient (Wildman–Crippen LogP) is 4.43. The number of fused-ring (bicyclic) bond motifs is 3. The number of nitrogens with zero attached hydrogens (tertiary/aromatic N) is 3. The van der Waals surface area contributed by atoms with Crippen LogP contribution in [0, 0.1) is 0 Å². The lowest BCUT2D eigenvalue weighted by molar-refractivity contribution is 0.0526. The Morgan fingerprint density at radius 3 is 2.57 bits per heavy atom. The molecule has 0 saturated heterocycles. The molecule has 0 unspecified atom stereocenters. The van der Waals surface area contributed by atoms with Gasteiger partial charge in [0.15, 0.2) is 0 Å². The highest BCUT2D eigenvalue weighted by atomic mass is 16.5. The van der Waals surface area contributed by atoms with Crippen LogP contribution in [-0.2, 0) is 10.2 Å². The van der Waals surface area contributed by atoms with Crippen LogP contribution in [0.2, 0.25) is 0 Å². The van der Waals surface area contributed by atoms with Crippen molar-refractivity contribution in [2.24, 2.45) is 0 Å². The van der Waals surface area contributed by atoms with E-state index in [1.165, 1.54) is 5.56 Å². The number of carbonyl (C=O) groups excluding carboxylic acids is 1. The van der Waals surface area contributed by atoms with E-state index in [2.05, 4.69) is 53.3 Å². The van der Waals surface area contributed by atoms with Crippen molar-refractivity contribution in [1.29, 1.82) is 0 Å². The molecule has 0 bridgehead atoms. The van der Waals surface area contributed by atoms with Gasteiger partial charge in [0.05, 0.1) is 23.2 Å². The van der Waals surface area contributed by atoms with Crippen molar-refractivity contribution >= 4 is 34.4 Å². The average molecular weight is 377 g/mol. The second-order valence-corrected chi connectivity index (χ2v) is 7.70. The van der Waals surface area contributed by atoms with Crippen molar-refractivity contribution in [2.45, 2.75) is 33.1 Å². The number of hydrogen-bond acceptors (Lipinski definition) is 5. The van der Waals surface area contributed by atoms with Gasteiger partial charge < -0.3 is 10.1 Å². The van der Waals surface area contributed by atoms with Crippen LogP contribution in [0.5, 0.6) is 0 Å². The number of H-pyrrole nitrogens is 1. The zero-order chi connectivity index (χ0) is 19.9. The Morgan fingerprint density at radius 1 is 1.14 bits per heavy atom. The quantitative estimate of drug-likeness (QED) is 0.514. The van der Waals surface area contributed by atoms with Gasteiger partial charge in [0.25, 0.3) is 5.78 Å². The number of nitrogens with one attached hydrogen (secondary N) is 2. The van der Waals surface area contributed by atoms with E-state index in [0.717, 1.165) is 11.2 Å². The fourth-order valence-electron chi connectivity index (χ4n) is 3.07. The van der Waals surface area contributed by atoms with Crippen molar-refractivity contribution in [1.82, 2.24) is 19.6 Å². The third-order valence-corrected chi connectivity index (χ3v) is 4.59. The van der Waals surface area contributed by atoms with Crippen molar-refractivity contribution in [3.8, 4) is 0 Å². The van der Waals surface area contributed by atoms with Gasteiger partial charge in [-0.2, -0.15) is 4.98 Å². The van der Waals surface area contributed by atoms with Gasteiger partial charge in [-0.25, -0.2) is 14.3 Å². The highest BCUT2D eigenvalue weighted by molar-refractivity contribution is 5.94. The van der Waals surface area contributed by atoms with E-state index in [0.29, 0.717) is 29.4 Å². The molecule has 0 radical (unpaired) electrons. The fourth-order valence-corrected chi connectivity index (χ4v) is 3.07. The number of aromatic amines is 1. The minimum Gasteiger partial charge on any atom is -0.462 e. The van der Waals surface area contributed by atoms with Gasteiger partial charge in [-0.3, -0.25) is 5.10 Å². The molecule has 0 aliphatic heterocycles. The molecule has 4 aromatic rings. The lowest BCUT2D eigenvalue weighted by Gasteiger charge is -2.19. The van der Waals surface area contributed by atoms with Gasteiger partial charge in [0, 0.05) is 5.69 Å². The van der Waals surface area contributed by atoms with E-state index in [4.69, 9.17) is 4.74 Å². The molecule has 2 aromatic carbocycles. The van der Waals surface area contributed by atoms with Crippen LogP contribution in [0.1, 0.15) is 43.6 Å². The Labute approximate surface area is 162 Å². The number of benzene rings is 2. The molecule has 7 heteroatoms. The summed E-state index contributed by atoms with van der Waals surface area (Å²) in [5, 5.41) is 6.47. The van der Waals surface area contributed by atoms with Gasteiger partial charge in [-0.1, -0.05) is 32.9 Å². The summed E-state index contributed by atoms with van der Waals surface area (Å²) in [5.41, 5.74) is 4.34. The summed E-state index contributed by atoms with van der Waals surface area (Å²) in [6.45, 7) is 8.69. The number of ether oxygens (including phenoxy) is 1. The average Bonchev–Trinajstić information content (AvgIpc) is 3.18. The number of esters is 1. The molecular weight excluding hydrogens is 354 g/mol. The summed E-state index contributed by atoms with van der Waals surface area (Å²) < 4.78 is 6.83. The molecule has 0 aliphatic rings. The van der Waals surface area contributed by atoms with Gasteiger partial charge in [0.1, 0.15) is 0 Å². The number of hydrogen-bond donors (Lipinski definition) is 2. The number of aromatic nitrogens is 4. The summed E-state index contributed by atoms with van der Waals surface area (Å²) in [5.74, 6) is 0.780. The maximum atomic E-state index is 11.9. The minimum atomic E-state index is -0.352. The monoisotopic (exact) mass is 377 g/mol. The third-order valence-electron chi connectivity index (χ3n) is 4.59. The van der Waals surface area contributed by atoms with Crippen LogP contribution < -0.4 is 5.32 Å². The smallest absolute Gasteiger partial charge is 0.338 e. The molecule has 2 heterocycles. The Balaban J connectivity index is 1.60. The number of rotatable bonds is 4. The van der Waals surface area contributed by atoms with Crippen LogP contribution in [0.25, 0.3) is 16.8 Å². The zero-order valence-electron chi connectivity index (χ0n) is 16.4. The summed E-state index contributed by atoms with van der Waals surface area (Å²) >= 11 is 0. The van der Waals surface area contributed by atoms with Gasteiger partial charge >= 0.3 is 5.97 Å². The van der Waals surface area contributed by atoms with Crippen LogP contribution in [0.15, 0.2) is 42.5 Å². The molecule has 7 nitrogen and oxygen atoms in total. The zero-order valence-corrected chi connectivity index (χ0v) is 16.4. The molecule has 0 amide bonds. The Bertz CT molecular complexity index is 1150. The Kier molecular flexibility index (Phi) is 4.30. The lowest BCUT2D eigenvalue weighted by Crippen LogP contribution is -2.10. The standard InChI is InChI=1S/C21H23N5O2/c1-5-28-18(27)13-6-11-17-16(12-13)23-20-24-19(25-26(17)20)22-15-9-7-14(8-10-15)21(2,3)4/h6-12H,5H2,1-4H3,(H2,22,23,24,25). The van der Waals surface area contributed by atoms with Crippen molar-refractivity contribution in [2.75, 3.05) is 11.9 Å². The third kappa shape index (κ3) is 3.31. The Hall–Kier alpha value is -3.35. The number of anilines is 2. The first-order valence-corrected chi connectivity index (χ1v) is 9.28.